The number of thioether (sulfide) groups is 1. The Morgan fingerprint density at radius 2 is 1.88 bits per heavy atom. The molecule has 2 aliphatic heterocycles. The van der Waals surface area contributed by atoms with Crippen molar-refractivity contribution in [2.75, 3.05) is 11.5 Å². The summed E-state index contributed by atoms with van der Waals surface area (Å²) < 4.78 is 7.75. The summed E-state index contributed by atoms with van der Waals surface area (Å²) in [5, 5.41) is 22.1. The molecule has 0 fully saturated rings. The molecule has 0 amide bonds. The molecule has 0 radical (unpaired) electrons. The summed E-state index contributed by atoms with van der Waals surface area (Å²) in [6.45, 7) is 3.47. The fourth-order valence-electron chi connectivity index (χ4n) is 4.28. The number of aromatic nitrogens is 3. The average Bonchev–Trinajstić information content (AvgIpc) is 3.39. The predicted molar refractivity (Wildman–Crippen MR) is 132 cm³/mol. The van der Waals surface area contributed by atoms with Crippen LogP contribution in [0.4, 0.5) is 5.69 Å². The van der Waals surface area contributed by atoms with Crippen LogP contribution >= 0.6 is 11.8 Å². The normalized spacial score (nSPS) is 17.1. The van der Waals surface area contributed by atoms with Crippen LogP contribution < -0.4 is 9.64 Å². The highest BCUT2D eigenvalue weighted by molar-refractivity contribution is 8.06. The van der Waals surface area contributed by atoms with Crippen molar-refractivity contribution in [1.29, 1.82) is 5.26 Å². The SMILES string of the molecule is CCOc1ccc(C2=CSC(=C(C#N)c3nnc4n3CCCCC4)N2c2ccccc2)cc1. The van der Waals surface area contributed by atoms with Gasteiger partial charge in [-0.05, 0) is 61.7 Å². The first kappa shape index (κ1) is 21.4. The Bertz CT molecular complexity index is 1240. The lowest BCUT2D eigenvalue weighted by Gasteiger charge is -2.25. The van der Waals surface area contributed by atoms with Crippen LogP contribution in [0.2, 0.25) is 0 Å². The Hall–Kier alpha value is -3.50. The van der Waals surface area contributed by atoms with Crippen LogP contribution in [-0.2, 0) is 13.0 Å². The number of benzene rings is 2. The summed E-state index contributed by atoms with van der Waals surface area (Å²) >= 11 is 1.56. The lowest BCUT2D eigenvalue weighted by atomic mass is 10.1. The van der Waals surface area contributed by atoms with Gasteiger partial charge >= 0.3 is 0 Å². The van der Waals surface area contributed by atoms with Gasteiger partial charge in [0.25, 0.3) is 0 Å². The zero-order valence-corrected chi connectivity index (χ0v) is 19.4. The number of nitrogens with zero attached hydrogens (tertiary/aromatic N) is 5. The number of para-hydroxylation sites is 1. The van der Waals surface area contributed by atoms with Gasteiger partial charge in [-0.3, -0.25) is 0 Å². The highest BCUT2D eigenvalue weighted by Gasteiger charge is 2.30. The van der Waals surface area contributed by atoms with E-state index in [0.29, 0.717) is 18.0 Å². The van der Waals surface area contributed by atoms with E-state index in [4.69, 9.17) is 4.74 Å². The van der Waals surface area contributed by atoms with Gasteiger partial charge in [-0.25, -0.2) is 0 Å². The van der Waals surface area contributed by atoms with Gasteiger partial charge in [0.1, 0.15) is 28.2 Å². The molecule has 166 valence electrons. The van der Waals surface area contributed by atoms with E-state index in [9.17, 15) is 5.26 Å². The van der Waals surface area contributed by atoms with Gasteiger partial charge in [-0.2, -0.15) is 5.26 Å². The first-order chi connectivity index (χ1) is 16.3. The van der Waals surface area contributed by atoms with Crippen LogP contribution in [0.25, 0.3) is 11.3 Å². The molecule has 3 heterocycles. The molecule has 5 rings (SSSR count). The van der Waals surface area contributed by atoms with E-state index in [1.807, 2.05) is 37.3 Å². The molecule has 0 spiro atoms. The van der Waals surface area contributed by atoms with Crippen molar-refractivity contribution in [3.63, 3.8) is 0 Å². The minimum Gasteiger partial charge on any atom is -0.494 e. The summed E-state index contributed by atoms with van der Waals surface area (Å²) in [5.41, 5.74) is 3.64. The molecule has 2 aliphatic rings. The summed E-state index contributed by atoms with van der Waals surface area (Å²) in [4.78, 5) is 2.15. The molecular formula is C26H25N5OS. The summed E-state index contributed by atoms with van der Waals surface area (Å²) in [7, 11) is 0. The molecule has 0 saturated heterocycles. The number of nitriles is 1. The second kappa shape index (κ2) is 9.55. The molecule has 0 saturated carbocycles. The summed E-state index contributed by atoms with van der Waals surface area (Å²) in [5.74, 6) is 2.49. The van der Waals surface area contributed by atoms with E-state index in [1.54, 1.807) is 11.8 Å². The zero-order chi connectivity index (χ0) is 22.6. The molecule has 0 N–H and O–H groups in total. The molecule has 3 aromatic rings. The monoisotopic (exact) mass is 455 g/mol. The van der Waals surface area contributed by atoms with Gasteiger partial charge in [-0.15, -0.1) is 10.2 Å². The fraction of sp³-hybridized carbons (Fsp3) is 0.269. The molecule has 0 bridgehead atoms. The number of hydrogen-bond acceptors (Lipinski definition) is 6. The van der Waals surface area contributed by atoms with Crippen LogP contribution in [0.3, 0.4) is 0 Å². The maximum Gasteiger partial charge on any atom is 0.177 e. The third-order valence-electron chi connectivity index (χ3n) is 5.86. The number of hydrogen-bond donors (Lipinski definition) is 0. The first-order valence-corrected chi connectivity index (χ1v) is 12.2. The van der Waals surface area contributed by atoms with Crippen LogP contribution in [0, 0.1) is 11.3 Å². The van der Waals surface area contributed by atoms with Crippen LogP contribution in [0.1, 0.15) is 43.4 Å². The predicted octanol–water partition coefficient (Wildman–Crippen LogP) is 5.85. The standard InChI is InChI=1S/C26H25N5OS/c1-2-32-21-14-12-19(13-15-21)23-18-33-26(31(23)20-9-5-3-6-10-20)22(17-27)25-29-28-24-11-7-4-8-16-30(24)25/h3,5-6,9-10,12-15,18H,2,4,7-8,11,16H2,1H3. The highest BCUT2D eigenvalue weighted by atomic mass is 32.2. The Morgan fingerprint density at radius 3 is 2.64 bits per heavy atom. The number of ether oxygens (including phenoxy) is 1. The minimum atomic E-state index is 0.557. The van der Waals surface area contributed by atoms with E-state index in [-0.39, 0.29) is 0 Å². The molecule has 0 unspecified atom stereocenters. The minimum absolute atomic E-state index is 0.557. The fourth-order valence-corrected chi connectivity index (χ4v) is 5.31. The van der Waals surface area contributed by atoms with Crippen molar-refractivity contribution in [1.82, 2.24) is 14.8 Å². The van der Waals surface area contributed by atoms with E-state index in [0.717, 1.165) is 59.4 Å². The van der Waals surface area contributed by atoms with Gasteiger partial charge in [0.15, 0.2) is 5.82 Å². The number of rotatable bonds is 5. The van der Waals surface area contributed by atoms with Gasteiger partial charge in [0.2, 0.25) is 0 Å². The van der Waals surface area contributed by atoms with E-state index in [2.05, 4.69) is 55.4 Å². The van der Waals surface area contributed by atoms with Gasteiger partial charge in [0.05, 0.1) is 12.3 Å². The number of anilines is 1. The van der Waals surface area contributed by atoms with Crippen molar-refractivity contribution < 1.29 is 4.74 Å². The van der Waals surface area contributed by atoms with E-state index < -0.39 is 0 Å². The van der Waals surface area contributed by atoms with Gasteiger partial charge in [0, 0.05) is 24.1 Å². The van der Waals surface area contributed by atoms with Crippen LogP contribution in [-0.4, -0.2) is 21.4 Å². The second-order valence-electron chi connectivity index (χ2n) is 7.94. The van der Waals surface area contributed by atoms with Crippen molar-refractivity contribution in [2.45, 2.75) is 39.2 Å². The third kappa shape index (κ3) is 4.14. The van der Waals surface area contributed by atoms with Crippen molar-refractivity contribution in [3.05, 3.63) is 82.2 Å². The number of allylic oxidation sites excluding steroid dienone is 1. The van der Waals surface area contributed by atoms with Gasteiger partial charge in [-0.1, -0.05) is 36.4 Å². The summed E-state index contributed by atoms with van der Waals surface area (Å²) in [6.07, 6.45) is 4.28. The lowest BCUT2D eigenvalue weighted by Crippen LogP contribution is -2.18. The highest BCUT2D eigenvalue weighted by Crippen LogP contribution is 2.46. The van der Waals surface area contributed by atoms with Crippen molar-refractivity contribution >= 4 is 28.7 Å². The second-order valence-corrected chi connectivity index (χ2v) is 8.80. The Morgan fingerprint density at radius 1 is 1.06 bits per heavy atom. The first-order valence-electron chi connectivity index (χ1n) is 11.3. The number of aryl methyl sites for hydroxylation is 1. The largest absolute Gasteiger partial charge is 0.494 e. The number of fused-ring (bicyclic) bond motifs is 1. The Labute approximate surface area is 198 Å². The molecule has 33 heavy (non-hydrogen) atoms. The molecule has 6 nitrogen and oxygen atoms in total. The Kier molecular flexibility index (Phi) is 6.18. The van der Waals surface area contributed by atoms with Gasteiger partial charge < -0.3 is 14.2 Å². The van der Waals surface area contributed by atoms with Crippen molar-refractivity contribution in [3.8, 4) is 11.8 Å². The molecule has 2 aromatic carbocycles. The topological polar surface area (TPSA) is 67.0 Å². The third-order valence-corrected chi connectivity index (χ3v) is 6.81. The van der Waals surface area contributed by atoms with E-state index in [1.165, 1.54) is 6.42 Å². The van der Waals surface area contributed by atoms with Crippen molar-refractivity contribution in [2.24, 2.45) is 0 Å². The molecule has 0 atom stereocenters. The molecular weight excluding hydrogens is 430 g/mol. The zero-order valence-electron chi connectivity index (χ0n) is 18.6. The smallest absolute Gasteiger partial charge is 0.177 e. The maximum atomic E-state index is 10.3. The van der Waals surface area contributed by atoms with Crippen LogP contribution in [0.5, 0.6) is 5.75 Å². The lowest BCUT2D eigenvalue weighted by molar-refractivity contribution is 0.340. The average molecular weight is 456 g/mol. The maximum absolute atomic E-state index is 10.3. The molecule has 1 aromatic heterocycles. The van der Waals surface area contributed by atoms with E-state index >= 15 is 0 Å². The summed E-state index contributed by atoms with van der Waals surface area (Å²) in [6, 6.07) is 20.7. The molecule has 7 heteroatoms. The van der Waals surface area contributed by atoms with Crippen LogP contribution in [0.15, 0.2) is 65.0 Å². The molecule has 0 aliphatic carbocycles. The Balaban J connectivity index is 1.61. The quantitative estimate of drug-likeness (QED) is 0.450.